The van der Waals surface area contributed by atoms with Gasteiger partial charge in [-0.15, -0.1) is 11.3 Å². The van der Waals surface area contributed by atoms with Gasteiger partial charge >= 0.3 is 0 Å². The van der Waals surface area contributed by atoms with Gasteiger partial charge in [-0.3, -0.25) is 4.79 Å². The average Bonchev–Trinajstić information content (AvgIpc) is 3.23. The summed E-state index contributed by atoms with van der Waals surface area (Å²) >= 11 is 1.23. The molecule has 1 N–H and O–H groups in total. The Morgan fingerprint density at radius 2 is 1.93 bits per heavy atom. The molecule has 1 atom stereocenters. The van der Waals surface area contributed by atoms with Gasteiger partial charge in [0.2, 0.25) is 5.91 Å². The van der Waals surface area contributed by atoms with Gasteiger partial charge in [0.05, 0.1) is 0 Å². The molecule has 27 heavy (non-hydrogen) atoms. The van der Waals surface area contributed by atoms with Crippen molar-refractivity contribution in [3.63, 3.8) is 0 Å². The summed E-state index contributed by atoms with van der Waals surface area (Å²) in [5, 5.41) is 4.84. The highest BCUT2D eigenvalue weighted by molar-refractivity contribution is 7.91. The number of piperidine rings is 1. The van der Waals surface area contributed by atoms with Crippen LogP contribution < -0.4 is 5.32 Å². The highest BCUT2D eigenvalue weighted by atomic mass is 32.2. The third kappa shape index (κ3) is 4.42. The highest BCUT2D eigenvalue weighted by Crippen LogP contribution is 2.29. The zero-order valence-electron chi connectivity index (χ0n) is 15.7. The molecule has 5 nitrogen and oxygen atoms in total. The van der Waals surface area contributed by atoms with Crippen molar-refractivity contribution in [2.45, 2.75) is 43.2 Å². The third-order valence-corrected chi connectivity index (χ3v) is 8.55. The van der Waals surface area contributed by atoms with E-state index in [0.717, 1.165) is 17.7 Å². The van der Waals surface area contributed by atoms with Gasteiger partial charge in [0.1, 0.15) is 4.21 Å². The Hall–Kier alpha value is -1.70. The summed E-state index contributed by atoms with van der Waals surface area (Å²) in [6, 6.07) is 11.3. The number of nitrogens with one attached hydrogen (secondary N) is 1. The zero-order valence-corrected chi connectivity index (χ0v) is 17.4. The first kappa shape index (κ1) is 20.0. The van der Waals surface area contributed by atoms with Gasteiger partial charge in [-0.05, 0) is 48.3 Å². The first-order valence-corrected chi connectivity index (χ1v) is 11.7. The summed E-state index contributed by atoms with van der Waals surface area (Å²) in [4.78, 5) is 12.7. The molecule has 1 aliphatic heterocycles. The first-order chi connectivity index (χ1) is 12.9. The van der Waals surface area contributed by atoms with E-state index in [-0.39, 0.29) is 11.8 Å². The van der Waals surface area contributed by atoms with E-state index < -0.39 is 10.0 Å². The van der Waals surface area contributed by atoms with E-state index in [1.807, 2.05) is 18.2 Å². The van der Waals surface area contributed by atoms with Crippen molar-refractivity contribution in [2.75, 3.05) is 18.4 Å². The molecular weight excluding hydrogens is 380 g/mol. The Balaban J connectivity index is 1.63. The minimum atomic E-state index is -3.43. The molecule has 0 saturated carbocycles. The lowest BCUT2D eigenvalue weighted by atomic mass is 9.94. The van der Waals surface area contributed by atoms with Crippen LogP contribution in [0.5, 0.6) is 0 Å². The number of hydrogen-bond donors (Lipinski definition) is 1. The Kier molecular flexibility index (Phi) is 6.34. The second kappa shape index (κ2) is 8.54. The van der Waals surface area contributed by atoms with Gasteiger partial charge in [-0.1, -0.05) is 38.1 Å². The van der Waals surface area contributed by atoms with E-state index in [0.29, 0.717) is 36.1 Å². The van der Waals surface area contributed by atoms with Crippen molar-refractivity contribution >= 4 is 33.0 Å². The van der Waals surface area contributed by atoms with E-state index >= 15 is 0 Å². The highest BCUT2D eigenvalue weighted by Gasteiger charge is 2.32. The molecular formula is C20H26N2O3S2. The minimum absolute atomic E-state index is 0.0149. The number of rotatable bonds is 6. The van der Waals surface area contributed by atoms with E-state index in [9.17, 15) is 13.2 Å². The van der Waals surface area contributed by atoms with E-state index in [2.05, 4.69) is 25.2 Å². The molecule has 146 valence electrons. The molecule has 0 radical (unpaired) electrons. The predicted molar refractivity (Wildman–Crippen MR) is 110 cm³/mol. The maximum Gasteiger partial charge on any atom is 0.252 e. The Morgan fingerprint density at radius 3 is 2.56 bits per heavy atom. The standard InChI is InChI=1S/C20H26N2O3S2/c1-3-15(2)17-7-4-5-8-18(17)21-20(23)16-10-12-22(13-11-16)27(24,25)19-9-6-14-26-19/h4-9,14-16H,3,10-13H2,1-2H3,(H,21,23)/t15-/m0/s1. The fourth-order valence-electron chi connectivity index (χ4n) is 3.39. The zero-order chi connectivity index (χ0) is 19.4. The lowest BCUT2D eigenvalue weighted by molar-refractivity contribution is -0.120. The van der Waals surface area contributed by atoms with Crippen molar-refractivity contribution in [3.05, 3.63) is 47.3 Å². The number of thiophene rings is 1. The quantitative estimate of drug-likeness (QED) is 0.778. The van der Waals surface area contributed by atoms with Crippen LogP contribution in [0.15, 0.2) is 46.0 Å². The molecule has 1 saturated heterocycles. The summed E-state index contributed by atoms with van der Waals surface area (Å²) in [6.45, 7) is 5.04. The van der Waals surface area contributed by atoms with E-state index in [1.165, 1.54) is 15.6 Å². The van der Waals surface area contributed by atoms with Gasteiger partial charge in [-0.25, -0.2) is 8.42 Å². The van der Waals surface area contributed by atoms with Crippen LogP contribution in [0.1, 0.15) is 44.6 Å². The maximum atomic E-state index is 12.7. The summed E-state index contributed by atoms with van der Waals surface area (Å²) in [5.74, 6) is 0.197. The monoisotopic (exact) mass is 406 g/mol. The molecule has 7 heteroatoms. The molecule has 1 fully saturated rings. The number of anilines is 1. The number of carbonyl (C=O) groups excluding carboxylic acids is 1. The number of nitrogens with zero attached hydrogens (tertiary/aromatic N) is 1. The average molecular weight is 407 g/mol. The molecule has 2 aromatic rings. The summed E-state index contributed by atoms with van der Waals surface area (Å²) in [7, 11) is -3.43. The summed E-state index contributed by atoms with van der Waals surface area (Å²) in [5.41, 5.74) is 2.01. The fraction of sp³-hybridized carbons (Fsp3) is 0.450. The molecule has 2 heterocycles. The van der Waals surface area contributed by atoms with Gasteiger partial charge in [0, 0.05) is 24.7 Å². The SMILES string of the molecule is CC[C@H](C)c1ccccc1NC(=O)C1CCN(S(=O)(=O)c2cccs2)CC1. The Labute approximate surface area is 165 Å². The van der Waals surface area contributed by atoms with Crippen molar-refractivity contribution in [3.8, 4) is 0 Å². The van der Waals surface area contributed by atoms with Gasteiger partial charge < -0.3 is 5.32 Å². The second-order valence-corrected chi connectivity index (χ2v) is 10.1. The van der Waals surface area contributed by atoms with E-state index in [1.54, 1.807) is 17.5 Å². The largest absolute Gasteiger partial charge is 0.326 e. The summed E-state index contributed by atoms with van der Waals surface area (Å²) < 4.78 is 27.1. The number of carbonyl (C=O) groups is 1. The molecule has 1 amide bonds. The maximum absolute atomic E-state index is 12.7. The van der Waals surface area contributed by atoms with E-state index in [4.69, 9.17) is 0 Å². The molecule has 3 rings (SSSR count). The molecule has 1 aromatic carbocycles. The van der Waals surface area contributed by atoms with Crippen molar-refractivity contribution in [1.82, 2.24) is 4.31 Å². The minimum Gasteiger partial charge on any atom is -0.326 e. The van der Waals surface area contributed by atoms with Crippen molar-refractivity contribution in [1.29, 1.82) is 0 Å². The van der Waals surface area contributed by atoms with Crippen molar-refractivity contribution in [2.24, 2.45) is 5.92 Å². The Bertz CT molecular complexity index is 870. The number of amides is 1. The number of para-hydroxylation sites is 1. The molecule has 0 spiro atoms. The van der Waals surface area contributed by atoms with Crippen LogP contribution in [0.2, 0.25) is 0 Å². The first-order valence-electron chi connectivity index (χ1n) is 9.37. The molecule has 0 unspecified atom stereocenters. The second-order valence-electron chi connectivity index (χ2n) is 7.00. The predicted octanol–water partition coefficient (Wildman–Crippen LogP) is 4.30. The van der Waals surface area contributed by atoms with Crippen molar-refractivity contribution < 1.29 is 13.2 Å². The Morgan fingerprint density at radius 1 is 1.22 bits per heavy atom. The normalized spacial score (nSPS) is 17.6. The fourth-order valence-corrected chi connectivity index (χ4v) is 6.01. The van der Waals surface area contributed by atoms with Crippen LogP contribution in [0.4, 0.5) is 5.69 Å². The lowest BCUT2D eigenvalue weighted by Crippen LogP contribution is -2.41. The van der Waals surface area contributed by atoms with Crippen LogP contribution in [0.3, 0.4) is 0 Å². The summed E-state index contributed by atoms with van der Waals surface area (Å²) in [6.07, 6.45) is 2.09. The molecule has 1 aliphatic rings. The van der Waals surface area contributed by atoms with Gasteiger partial charge in [0.15, 0.2) is 0 Å². The molecule has 0 aliphatic carbocycles. The van der Waals surface area contributed by atoms with Crippen LogP contribution in [0, 0.1) is 5.92 Å². The topological polar surface area (TPSA) is 66.5 Å². The van der Waals surface area contributed by atoms with Crippen LogP contribution in [-0.2, 0) is 14.8 Å². The van der Waals surface area contributed by atoms with Gasteiger partial charge in [0.25, 0.3) is 10.0 Å². The number of hydrogen-bond acceptors (Lipinski definition) is 4. The van der Waals surface area contributed by atoms with Crippen LogP contribution in [-0.4, -0.2) is 31.7 Å². The van der Waals surface area contributed by atoms with Crippen LogP contribution >= 0.6 is 11.3 Å². The van der Waals surface area contributed by atoms with Gasteiger partial charge in [-0.2, -0.15) is 4.31 Å². The number of sulfonamides is 1. The molecule has 1 aromatic heterocycles. The smallest absolute Gasteiger partial charge is 0.252 e. The third-order valence-electron chi connectivity index (χ3n) is 5.28. The lowest BCUT2D eigenvalue weighted by Gasteiger charge is -2.30. The molecule has 0 bridgehead atoms. The number of benzene rings is 1. The van der Waals surface area contributed by atoms with Crippen LogP contribution in [0.25, 0.3) is 0 Å².